The summed E-state index contributed by atoms with van der Waals surface area (Å²) in [5.41, 5.74) is 6.42. The first-order chi connectivity index (χ1) is 5.66. The molecular formula is C8H6Cl2N2. The van der Waals surface area contributed by atoms with Gasteiger partial charge in [-0.2, -0.15) is 0 Å². The largest absolute Gasteiger partial charge is 0.385 e. The molecule has 62 valence electrons. The smallest absolute Gasteiger partial charge is 0.101 e. The van der Waals surface area contributed by atoms with Crippen molar-refractivity contribution in [3.8, 4) is 0 Å². The number of rotatable bonds is 0. The number of nitrogens with two attached hydrogens (primary N) is 1. The summed E-state index contributed by atoms with van der Waals surface area (Å²) in [7, 11) is 0. The van der Waals surface area contributed by atoms with E-state index in [4.69, 9.17) is 28.9 Å². The van der Waals surface area contributed by atoms with Crippen LogP contribution in [0.15, 0.2) is 18.2 Å². The maximum atomic E-state index is 5.92. The zero-order chi connectivity index (χ0) is 8.72. The van der Waals surface area contributed by atoms with Crippen molar-refractivity contribution in [2.45, 2.75) is 0 Å². The van der Waals surface area contributed by atoms with Crippen molar-refractivity contribution in [1.82, 2.24) is 4.98 Å². The second-order valence-electron chi connectivity index (χ2n) is 2.57. The summed E-state index contributed by atoms with van der Waals surface area (Å²) in [6.07, 6.45) is 0. The lowest BCUT2D eigenvalue weighted by molar-refractivity contribution is 1.47. The van der Waals surface area contributed by atoms with Gasteiger partial charge in [0.1, 0.15) is 5.82 Å². The number of H-pyrrole nitrogens is 1. The van der Waals surface area contributed by atoms with Crippen molar-refractivity contribution in [3.05, 3.63) is 28.2 Å². The van der Waals surface area contributed by atoms with Crippen molar-refractivity contribution in [3.63, 3.8) is 0 Å². The SMILES string of the molecule is Nc1cc2c(Cl)cc(Cl)cc2[nH]1. The van der Waals surface area contributed by atoms with Gasteiger partial charge in [-0.1, -0.05) is 23.2 Å². The minimum atomic E-state index is 0.592. The Morgan fingerprint density at radius 1 is 1.17 bits per heavy atom. The molecule has 0 bridgehead atoms. The van der Waals surface area contributed by atoms with Gasteiger partial charge in [-0.3, -0.25) is 0 Å². The van der Waals surface area contributed by atoms with Gasteiger partial charge < -0.3 is 10.7 Å². The summed E-state index contributed by atoms with van der Waals surface area (Å²) in [5, 5.41) is 2.12. The van der Waals surface area contributed by atoms with Gasteiger partial charge in [0, 0.05) is 15.9 Å². The van der Waals surface area contributed by atoms with E-state index in [1.165, 1.54) is 0 Å². The van der Waals surface area contributed by atoms with E-state index in [-0.39, 0.29) is 0 Å². The van der Waals surface area contributed by atoms with Crippen LogP contribution in [0.3, 0.4) is 0 Å². The van der Waals surface area contributed by atoms with Crippen LogP contribution in [0.2, 0.25) is 10.0 Å². The number of anilines is 1. The van der Waals surface area contributed by atoms with Crippen LogP contribution in [-0.2, 0) is 0 Å². The van der Waals surface area contributed by atoms with Crippen LogP contribution in [0.1, 0.15) is 0 Å². The Bertz CT molecular complexity index is 434. The van der Waals surface area contributed by atoms with E-state index < -0.39 is 0 Å². The van der Waals surface area contributed by atoms with Crippen molar-refractivity contribution in [2.24, 2.45) is 0 Å². The molecule has 2 nitrogen and oxygen atoms in total. The standard InChI is InChI=1S/C8H6Cl2N2/c9-4-1-6(10)5-3-8(11)12-7(5)2-4/h1-3,12H,11H2. The van der Waals surface area contributed by atoms with E-state index in [2.05, 4.69) is 4.98 Å². The van der Waals surface area contributed by atoms with E-state index in [1.807, 2.05) is 0 Å². The van der Waals surface area contributed by atoms with Crippen molar-refractivity contribution < 1.29 is 0 Å². The van der Waals surface area contributed by atoms with Crippen molar-refractivity contribution in [1.29, 1.82) is 0 Å². The summed E-state index contributed by atoms with van der Waals surface area (Å²) in [6, 6.07) is 5.27. The monoisotopic (exact) mass is 200 g/mol. The van der Waals surface area contributed by atoms with Gasteiger partial charge in [-0.05, 0) is 18.2 Å². The molecule has 0 saturated heterocycles. The molecule has 1 heterocycles. The second-order valence-corrected chi connectivity index (χ2v) is 3.42. The topological polar surface area (TPSA) is 41.8 Å². The minimum Gasteiger partial charge on any atom is -0.385 e. The Morgan fingerprint density at radius 2 is 1.92 bits per heavy atom. The predicted octanol–water partition coefficient (Wildman–Crippen LogP) is 3.06. The molecule has 0 radical (unpaired) electrons. The van der Waals surface area contributed by atoms with Crippen LogP contribution in [0, 0.1) is 0 Å². The van der Waals surface area contributed by atoms with E-state index in [0.29, 0.717) is 15.9 Å². The van der Waals surface area contributed by atoms with Crippen LogP contribution in [0.5, 0.6) is 0 Å². The number of hydrogen-bond donors (Lipinski definition) is 2. The molecule has 1 aromatic carbocycles. The first kappa shape index (κ1) is 7.77. The molecule has 1 aromatic heterocycles. The molecule has 0 spiro atoms. The lowest BCUT2D eigenvalue weighted by atomic mass is 10.2. The first-order valence-corrected chi connectivity index (χ1v) is 4.15. The van der Waals surface area contributed by atoms with Gasteiger partial charge in [0.15, 0.2) is 0 Å². The molecule has 0 aliphatic heterocycles. The van der Waals surface area contributed by atoms with Gasteiger partial charge in [0.25, 0.3) is 0 Å². The fraction of sp³-hybridized carbons (Fsp3) is 0. The molecule has 4 heteroatoms. The molecular weight excluding hydrogens is 195 g/mol. The first-order valence-electron chi connectivity index (χ1n) is 3.40. The van der Waals surface area contributed by atoms with Gasteiger partial charge in [0.05, 0.1) is 5.02 Å². The fourth-order valence-corrected chi connectivity index (χ4v) is 1.73. The van der Waals surface area contributed by atoms with Crippen molar-refractivity contribution in [2.75, 3.05) is 5.73 Å². The highest BCUT2D eigenvalue weighted by Crippen LogP contribution is 2.28. The summed E-state index contributed by atoms with van der Waals surface area (Å²) in [4.78, 5) is 2.95. The highest BCUT2D eigenvalue weighted by atomic mass is 35.5. The van der Waals surface area contributed by atoms with Crippen LogP contribution in [-0.4, -0.2) is 4.98 Å². The third kappa shape index (κ3) is 1.13. The van der Waals surface area contributed by atoms with E-state index in [9.17, 15) is 0 Å². The molecule has 2 aromatic rings. The van der Waals surface area contributed by atoms with Crippen LogP contribution >= 0.6 is 23.2 Å². The summed E-state index contributed by atoms with van der Waals surface area (Å²) < 4.78 is 0. The zero-order valence-electron chi connectivity index (χ0n) is 6.07. The quantitative estimate of drug-likeness (QED) is 0.675. The summed E-state index contributed by atoms with van der Waals surface area (Å²) >= 11 is 11.7. The number of hydrogen-bond acceptors (Lipinski definition) is 1. The van der Waals surface area contributed by atoms with E-state index >= 15 is 0 Å². The Labute approximate surface area is 79.3 Å². The molecule has 0 aliphatic rings. The van der Waals surface area contributed by atoms with Crippen LogP contribution < -0.4 is 5.73 Å². The molecule has 0 atom stereocenters. The van der Waals surface area contributed by atoms with E-state index in [1.54, 1.807) is 18.2 Å². The number of benzene rings is 1. The minimum absolute atomic E-state index is 0.592. The number of aromatic amines is 1. The number of nitrogens with one attached hydrogen (secondary N) is 1. The number of nitrogen functional groups attached to an aromatic ring is 1. The van der Waals surface area contributed by atoms with Gasteiger partial charge in [0.2, 0.25) is 0 Å². The summed E-state index contributed by atoms with van der Waals surface area (Å²) in [5.74, 6) is 0.592. The number of fused-ring (bicyclic) bond motifs is 1. The number of halogens is 2. The lowest BCUT2D eigenvalue weighted by Crippen LogP contribution is -1.80. The van der Waals surface area contributed by atoms with Crippen LogP contribution in [0.25, 0.3) is 10.9 Å². The van der Waals surface area contributed by atoms with Crippen LogP contribution in [0.4, 0.5) is 5.82 Å². The Hall–Kier alpha value is -0.860. The normalized spacial score (nSPS) is 10.8. The second kappa shape index (κ2) is 2.57. The van der Waals surface area contributed by atoms with E-state index in [0.717, 1.165) is 10.9 Å². The molecule has 0 amide bonds. The Kier molecular flexibility index (Phi) is 1.67. The number of aromatic nitrogens is 1. The Balaban J connectivity index is 2.88. The maximum Gasteiger partial charge on any atom is 0.101 e. The molecule has 12 heavy (non-hydrogen) atoms. The molecule has 0 fully saturated rings. The average molecular weight is 201 g/mol. The molecule has 3 N–H and O–H groups in total. The lowest BCUT2D eigenvalue weighted by Gasteiger charge is -1.93. The fourth-order valence-electron chi connectivity index (χ4n) is 1.18. The highest BCUT2D eigenvalue weighted by molar-refractivity contribution is 6.38. The van der Waals surface area contributed by atoms with Gasteiger partial charge in [-0.25, -0.2) is 0 Å². The van der Waals surface area contributed by atoms with Gasteiger partial charge in [-0.15, -0.1) is 0 Å². The third-order valence-electron chi connectivity index (χ3n) is 1.67. The van der Waals surface area contributed by atoms with Crippen molar-refractivity contribution >= 4 is 39.9 Å². The predicted molar refractivity (Wildman–Crippen MR) is 52.7 cm³/mol. The maximum absolute atomic E-state index is 5.92. The summed E-state index contributed by atoms with van der Waals surface area (Å²) in [6.45, 7) is 0. The third-order valence-corrected chi connectivity index (χ3v) is 2.20. The molecule has 0 aliphatic carbocycles. The zero-order valence-corrected chi connectivity index (χ0v) is 7.58. The molecule has 0 unspecified atom stereocenters. The molecule has 2 rings (SSSR count). The highest BCUT2D eigenvalue weighted by Gasteiger charge is 2.03. The Morgan fingerprint density at radius 3 is 2.67 bits per heavy atom. The average Bonchev–Trinajstić information content (AvgIpc) is 2.29. The van der Waals surface area contributed by atoms with Gasteiger partial charge >= 0.3 is 0 Å². The molecule has 0 saturated carbocycles.